The van der Waals surface area contributed by atoms with Crippen molar-refractivity contribution in [3.8, 4) is 0 Å². The molecule has 0 atom stereocenters. The molecule has 26 heavy (non-hydrogen) atoms. The highest BCUT2D eigenvalue weighted by molar-refractivity contribution is 7.17. The van der Waals surface area contributed by atoms with Crippen LogP contribution in [0.25, 0.3) is 10.9 Å². The number of carbonyl (C=O) groups is 2. The zero-order valence-corrected chi connectivity index (χ0v) is 14.9. The molecule has 1 amide bonds. The van der Waals surface area contributed by atoms with Crippen molar-refractivity contribution < 1.29 is 14.3 Å². The Bertz CT molecular complexity index is 1040. The largest absolute Gasteiger partial charge is 0.462 e. The Labute approximate surface area is 151 Å². The standard InChI is InChI=1S/C16H15N5O4S/c1-3-25-15(24)13-9(2)17-16(26-13)18-12(22)8-21-14(23)10-6-4-5-7-11(10)19-20-21/h4-7H,3,8H2,1-2H3,(H,17,18,22). The molecular formula is C16H15N5O4S. The molecule has 9 nitrogen and oxygen atoms in total. The maximum Gasteiger partial charge on any atom is 0.350 e. The predicted molar refractivity (Wildman–Crippen MR) is 95.2 cm³/mol. The second-order valence-electron chi connectivity index (χ2n) is 5.27. The van der Waals surface area contributed by atoms with Crippen molar-refractivity contribution in [2.45, 2.75) is 20.4 Å². The van der Waals surface area contributed by atoms with E-state index < -0.39 is 17.4 Å². The van der Waals surface area contributed by atoms with Gasteiger partial charge in [-0.15, -0.1) is 5.10 Å². The van der Waals surface area contributed by atoms with Gasteiger partial charge in [-0.1, -0.05) is 28.7 Å². The molecule has 3 rings (SSSR count). The molecule has 0 bridgehead atoms. The lowest BCUT2D eigenvalue weighted by atomic mass is 10.2. The smallest absolute Gasteiger partial charge is 0.350 e. The molecular weight excluding hydrogens is 358 g/mol. The molecule has 2 heterocycles. The molecule has 2 aromatic heterocycles. The molecule has 0 aliphatic rings. The fourth-order valence-corrected chi connectivity index (χ4v) is 3.13. The van der Waals surface area contributed by atoms with Gasteiger partial charge in [-0.2, -0.15) is 0 Å². The summed E-state index contributed by atoms with van der Waals surface area (Å²) in [5.74, 6) is -0.986. The molecule has 10 heteroatoms. The van der Waals surface area contributed by atoms with E-state index >= 15 is 0 Å². The first-order chi connectivity index (χ1) is 12.5. The molecule has 0 aliphatic carbocycles. The van der Waals surface area contributed by atoms with E-state index in [1.807, 2.05) is 0 Å². The fraction of sp³-hybridized carbons (Fsp3) is 0.250. The van der Waals surface area contributed by atoms with Gasteiger partial charge in [-0.3, -0.25) is 9.59 Å². The van der Waals surface area contributed by atoms with Crippen LogP contribution in [0.1, 0.15) is 22.3 Å². The number of anilines is 1. The van der Waals surface area contributed by atoms with Crippen LogP contribution in [-0.2, 0) is 16.1 Å². The van der Waals surface area contributed by atoms with Crippen LogP contribution in [0.15, 0.2) is 29.1 Å². The van der Waals surface area contributed by atoms with Gasteiger partial charge in [-0.05, 0) is 26.0 Å². The Kier molecular flexibility index (Phi) is 5.03. The average Bonchev–Trinajstić information content (AvgIpc) is 2.98. The number of hydrogen-bond donors (Lipinski definition) is 1. The summed E-state index contributed by atoms with van der Waals surface area (Å²) in [5, 5.41) is 10.9. The average molecular weight is 373 g/mol. The third-order valence-electron chi connectivity index (χ3n) is 3.43. The Hall–Kier alpha value is -3.14. The summed E-state index contributed by atoms with van der Waals surface area (Å²) in [7, 11) is 0. The third-order valence-corrected chi connectivity index (χ3v) is 4.48. The second-order valence-corrected chi connectivity index (χ2v) is 6.27. The van der Waals surface area contributed by atoms with Crippen molar-refractivity contribution in [2.75, 3.05) is 11.9 Å². The number of amides is 1. The number of benzene rings is 1. The van der Waals surface area contributed by atoms with Gasteiger partial charge in [-0.25, -0.2) is 14.5 Å². The summed E-state index contributed by atoms with van der Waals surface area (Å²) in [6.45, 7) is 3.29. The van der Waals surface area contributed by atoms with Crippen LogP contribution < -0.4 is 10.9 Å². The number of esters is 1. The van der Waals surface area contributed by atoms with Crippen molar-refractivity contribution in [1.29, 1.82) is 0 Å². The Morgan fingerprint density at radius 2 is 2.08 bits per heavy atom. The maximum atomic E-state index is 12.3. The van der Waals surface area contributed by atoms with E-state index in [9.17, 15) is 14.4 Å². The van der Waals surface area contributed by atoms with E-state index in [-0.39, 0.29) is 18.3 Å². The molecule has 3 aromatic rings. The number of fused-ring (bicyclic) bond motifs is 1. The van der Waals surface area contributed by atoms with E-state index in [0.29, 0.717) is 21.5 Å². The van der Waals surface area contributed by atoms with Crippen LogP contribution in [0.3, 0.4) is 0 Å². The Morgan fingerprint density at radius 1 is 1.31 bits per heavy atom. The van der Waals surface area contributed by atoms with E-state index in [1.165, 1.54) is 0 Å². The topological polar surface area (TPSA) is 116 Å². The van der Waals surface area contributed by atoms with Crippen LogP contribution in [-0.4, -0.2) is 38.5 Å². The number of nitrogens with zero attached hydrogens (tertiary/aromatic N) is 4. The van der Waals surface area contributed by atoms with Crippen LogP contribution in [0.5, 0.6) is 0 Å². The van der Waals surface area contributed by atoms with Crippen LogP contribution in [0.2, 0.25) is 0 Å². The van der Waals surface area contributed by atoms with Gasteiger partial charge in [0.2, 0.25) is 5.91 Å². The zero-order valence-electron chi connectivity index (χ0n) is 14.1. The minimum Gasteiger partial charge on any atom is -0.462 e. The lowest BCUT2D eigenvalue weighted by Gasteiger charge is -2.04. The second kappa shape index (κ2) is 7.40. The van der Waals surface area contributed by atoms with E-state index in [1.54, 1.807) is 38.1 Å². The molecule has 1 N–H and O–H groups in total. The first kappa shape index (κ1) is 17.7. The highest BCUT2D eigenvalue weighted by Gasteiger charge is 2.18. The first-order valence-corrected chi connectivity index (χ1v) is 8.58. The number of nitrogens with one attached hydrogen (secondary N) is 1. The molecule has 0 fully saturated rings. The summed E-state index contributed by atoms with van der Waals surface area (Å²) in [5.41, 5.74) is 0.517. The molecule has 1 aromatic carbocycles. The van der Waals surface area contributed by atoms with Gasteiger partial charge in [0.15, 0.2) is 5.13 Å². The first-order valence-electron chi connectivity index (χ1n) is 7.76. The number of aromatic nitrogens is 4. The minimum absolute atomic E-state index is 0.248. The van der Waals surface area contributed by atoms with Crippen LogP contribution in [0.4, 0.5) is 5.13 Å². The highest BCUT2D eigenvalue weighted by atomic mass is 32.1. The van der Waals surface area contributed by atoms with Crippen molar-refractivity contribution in [1.82, 2.24) is 20.0 Å². The maximum absolute atomic E-state index is 12.3. The monoisotopic (exact) mass is 373 g/mol. The van der Waals surface area contributed by atoms with Crippen molar-refractivity contribution >= 4 is 39.2 Å². The lowest BCUT2D eigenvalue weighted by Crippen LogP contribution is -2.30. The normalized spacial score (nSPS) is 10.7. The van der Waals surface area contributed by atoms with Gasteiger partial charge in [0.25, 0.3) is 5.56 Å². The Balaban J connectivity index is 1.76. The fourth-order valence-electron chi connectivity index (χ4n) is 2.26. The van der Waals surface area contributed by atoms with E-state index in [4.69, 9.17) is 4.74 Å². The van der Waals surface area contributed by atoms with Crippen LogP contribution >= 0.6 is 11.3 Å². The van der Waals surface area contributed by atoms with Gasteiger partial charge < -0.3 is 10.1 Å². The SMILES string of the molecule is CCOC(=O)c1sc(NC(=O)Cn2nnc3ccccc3c2=O)nc1C. The summed E-state index contributed by atoms with van der Waals surface area (Å²) >= 11 is 1.01. The van der Waals surface area contributed by atoms with Gasteiger partial charge in [0.1, 0.15) is 16.9 Å². The summed E-state index contributed by atoms with van der Waals surface area (Å²) in [6.07, 6.45) is 0. The van der Waals surface area contributed by atoms with Crippen molar-refractivity contribution in [2.24, 2.45) is 0 Å². The Morgan fingerprint density at radius 3 is 2.85 bits per heavy atom. The van der Waals surface area contributed by atoms with E-state index in [0.717, 1.165) is 16.0 Å². The third kappa shape index (κ3) is 3.59. The summed E-state index contributed by atoms with van der Waals surface area (Å²) in [6, 6.07) is 6.75. The van der Waals surface area contributed by atoms with Crippen LogP contribution in [0, 0.1) is 6.92 Å². The molecule has 0 radical (unpaired) electrons. The van der Waals surface area contributed by atoms with E-state index in [2.05, 4.69) is 20.6 Å². The molecule has 0 unspecified atom stereocenters. The number of hydrogen-bond acceptors (Lipinski definition) is 8. The zero-order chi connectivity index (χ0) is 18.7. The van der Waals surface area contributed by atoms with Crippen molar-refractivity contribution in [3.05, 3.63) is 45.2 Å². The quantitative estimate of drug-likeness (QED) is 0.671. The summed E-state index contributed by atoms with van der Waals surface area (Å²) in [4.78, 5) is 40.8. The number of aryl methyl sites for hydroxylation is 1. The lowest BCUT2D eigenvalue weighted by molar-refractivity contribution is -0.117. The summed E-state index contributed by atoms with van der Waals surface area (Å²) < 4.78 is 5.91. The molecule has 0 spiro atoms. The number of carbonyl (C=O) groups excluding carboxylic acids is 2. The number of ether oxygens (including phenoxy) is 1. The number of thiazole rings is 1. The van der Waals surface area contributed by atoms with Gasteiger partial charge >= 0.3 is 5.97 Å². The van der Waals surface area contributed by atoms with Crippen molar-refractivity contribution in [3.63, 3.8) is 0 Å². The predicted octanol–water partition coefficient (Wildman–Crippen LogP) is 1.37. The highest BCUT2D eigenvalue weighted by Crippen LogP contribution is 2.23. The molecule has 0 saturated carbocycles. The minimum atomic E-state index is -0.499. The van der Waals surface area contributed by atoms with Gasteiger partial charge in [0, 0.05) is 0 Å². The molecule has 134 valence electrons. The molecule has 0 aliphatic heterocycles. The number of rotatable bonds is 5. The van der Waals surface area contributed by atoms with Gasteiger partial charge in [0.05, 0.1) is 17.7 Å². The molecule has 0 saturated heterocycles.